The Hall–Kier alpha value is -1.17. The Kier molecular flexibility index (Phi) is 20.5. The number of sulfone groups is 1. The molecule has 276 valence electrons. The summed E-state index contributed by atoms with van der Waals surface area (Å²) in [4.78, 5) is 0.203. The van der Waals surface area contributed by atoms with Gasteiger partial charge in [-0.1, -0.05) is 19.1 Å². The first-order valence-corrected chi connectivity index (χ1v) is 24.7. The quantitative estimate of drug-likeness (QED) is 0.0651. The summed E-state index contributed by atoms with van der Waals surface area (Å²) in [5, 5.41) is 1.59. The average Bonchev–Trinajstić information content (AvgIpc) is 2.77. The van der Waals surface area contributed by atoms with E-state index >= 15 is 0 Å². The Morgan fingerprint density at radius 3 is 1.28 bits per heavy atom. The smallest absolute Gasteiger partial charge is 0.397 e. The molecule has 1 aromatic carbocycles. The lowest BCUT2D eigenvalue weighted by atomic mass is 10.2. The van der Waals surface area contributed by atoms with Gasteiger partial charge in [-0.3, -0.25) is 13.7 Å². The second kappa shape index (κ2) is 19.1. The molecular weight excluding hydrogens is 826 g/mol. The van der Waals surface area contributed by atoms with E-state index in [1.807, 2.05) is 6.92 Å². The first-order valence-electron chi connectivity index (χ1n) is 10.6. The van der Waals surface area contributed by atoms with E-state index in [4.69, 9.17) is 13.7 Å². The minimum absolute atomic E-state index is 0.0152. The van der Waals surface area contributed by atoms with Crippen molar-refractivity contribution in [1.29, 1.82) is 0 Å². The molecule has 4 N–H and O–H groups in total. The van der Waals surface area contributed by atoms with Crippen LogP contribution in [0.4, 0.5) is 0 Å². The van der Waals surface area contributed by atoms with Gasteiger partial charge in [-0.2, -0.15) is 25.3 Å². The minimum Gasteiger partial charge on any atom is -0.748 e. The molecule has 0 aliphatic carbocycles. The van der Waals surface area contributed by atoms with Crippen molar-refractivity contribution < 1.29 is 94.7 Å². The van der Waals surface area contributed by atoms with Crippen LogP contribution in [0.1, 0.15) is 18.9 Å². The molecule has 0 bridgehead atoms. The number of rotatable bonds is 13. The summed E-state index contributed by atoms with van der Waals surface area (Å²) in [6.07, 6.45) is 1.03. The van der Waals surface area contributed by atoms with Crippen LogP contribution in [0.15, 0.2) is 29.2 Å². The number of nitrogens with one attached hydrogen (secondary N) is 1. The Balaban J connectivity index is -0.000000613. The summed E-state index contributed by atoms with van der Waals surface area (Å²) in [7, 11) is -33.8. The zero-order valence-electron chi connectivity index (χ0n) is 22.5. The third kappa shape index (κ3) is 27.9. The molecule has 0 amide bonds. The number of hydrogen-bond donors (Lipinski definition) is 4. The maximum absolute atomic E-state index is 12.0. The molecule has 23 nitrogen and oxygen atoms in total. The van der Waals surface area contributed by atoms with Gasteiger partial charge in [-0.15, -0.1) is 0 Å². The molecule has 0 atom stereocenters. The molecule has 0 heterocycles. The lowest BCUT2D eigenvalue weighted by molar-refractivity contribution is 0.440. The molecule has 32 heteroatoms. The fourth-order valence-corrected chi connectivity index (χ4v) is 6.03. The topological polar surface area (TPSA) is 415 Å². The highest BCUT2D eigenvalue weighted by Gasteiger charge is 2.22. The Morgan fingerprint density at radius 1 is 0.652 bits per heavy atom. The second-order valence-electron chi connectivity index (χ2n) is 7.64. The van der Waals surface area contributed by atoms with E-state index in [0.29, 0.717) is 12.1 Å². The summed E-state index contributed by atoms with van der Waals surface area (Å²) in [5.74, 6) is -0.471. The number of halogens is 1. The Bertz CT molecular complexity index is 1850. The van der Waals surface area contributed by atoms with Gasteiger partial charge >= 0.3 is 18.3 Å². The molecule has 46 heavy (non-hydrogen) atoms. The fourth-order valence-electron chi connectivity index (χ4n) is 1.91. The highest BCUT2D eigenvalue weighted by atomic mass is 35.7. The molecule has 0 aromatic heterocycles. The second-order valence-corrected chi connectivity index (χ2v) is 24.2. The van der Waals surface area contributed by atoms with Crippen molar-refractivity contribution in [2.45, 2.75) is 24.7 Å². The number of benzene rings is 1. The van der Waals surface area contributed by atoms with Gasteiger partial charge in [0, 0.05) is 23.0 Å². The van der Waals surface area contributed by atoms with E-state index in [1.54, 1.807) is 0 Å². The highest BCUT2D eigenvalue weighted by Crippen LogP contribution is 2.13. The lowest BCUT2D eigenvalue weighted by Gasteiger charge is -2.09. The summed E-state index contributed by atoms with van der Waals surface area (Å²) < 4.78 is 210. The predicted octanol–water partition coefficient (Wildman–Crippen LogP) is -3.38. The number of hydrogen-bond acceptors (Lipinski definition) is 20. The van der Waals surface area contributed by atoms with Crippen molar-refractivity contribution in [3.05, 3.63) is 29.8 Å². The van der Waals surface area contributed by atoms with Crippen LogP contribution in [-0.4, -0.2) is 124 Å². The van der Waals surface area contributed by atoms with E-state index in [-0.39, 0.29) is 17.1 Å². The van der Waals surface area contributed by atoms with Crippen LogP contribution >= 0.6 is 10.7 Å². The average molecular weight is 851 g/mol. The van der Waals surface area contributed by atoms with Crippen LogP contribution in [0.5, 0.6) is 0 Å². The van der Waals surface area contributed by atoms with E-state index in [0.717, 1.165) is 13.0 Å². The first-order chi connectivity index (χ1) is 20.0. The van der Waals surface area contributed by atoms with Crippen molar-refractivity contribution in [3.63, 3.8) is 0 Å². The minimum atomic E-state index is -5.67. The van der Waals surface area contributed by atoms with Crippen molar-refractivity contribution in [1.82, 2.24) is 5.32 Å². The van der Waals surface area contributed by atoms with Crippen LogP contribution in [0.3, 0.4) is 0 Å². The molecule has 0 fully saturated rings. The third-order valence-electron chi connectivity index (χ3n) is 3.70. The summed E-state index contributed by atoms with van der Waals surface area (Å²) in [6.45, 7) is 3.17. The van der Waals surface area contributed by atoms with Crippen LogP contribution in [0.2, 0.25) is 0 Å². The van der Waals surface area contributed by atoms with Gasteiger partial charge in [0.05, 0.1) is 20.8 Å². The maximum atomic E-state index is 12.0. The largest absolute Gasteiger partial charge is 0.748 e. The molecule has 0 saturated heterocycles. The summed E-state index contributed by atoms with van der Waals surface area (Å²) >= 11 is 0. The lowest BCUT2D eigenvalue weighted by Crippen LogP contribution is -2.23. The molecule has 0 aliphatic heterocycles. The maximum Gasteiger partial charge on any atom is 0.397 e. The fraction of sp³-hybridized carbons (Fsp3) is 0.571. The zero-order valence-corrected chi connectivity index (χ0v) is 29.8. The van der Waals surface area contributed by atoms with Gasteiger partial charge in [0.25, 0.3) is 10.1 Å². The normalized spacial score (nSPS) is 13.1. The van der Waals surface area contributed by atoms with Crippen molar-refractivity contribution >= 4 is 86.4 Å². The van der Waals surface area contributed by atoms with Crippen molar-refractivity contribution in [3.8, 4) is 0 Å². The Labute approximate surface area is 269 Å². The summed E-state index contributed by atoms with van der Waals surface area (Å²) in [6, 6.07) is 5.97. The number of aryl methyl sites for hydroxylation is 1. The molecule has 0 saturated carbocycles. The van der Waals surface area contributed by atoms with E-state index in [2.05, 4.69) is 16.0 Å². The molecular formula is C14H25ClNO22S8-3. The van der Waals surface area contributed by atoms with Gasteiger partial charge in [0.1, 0.15) is 0 Å². The van der Waals surface area contributed by atoms with Gasteiger partial charge in [-0.05, 0) is 37.1 Å². The SMILES string of the molecule is CCCNCCS(=O)(=O)c1ccc(CCS(=O)(=O)[O-])cc1.O=S(=O)(O)CS(=O)(=O)Cl.O=S(=O)(O)S(=O)(=O)O.O=S(=O)([O-])S(=O)(=O)[O-]. The molecule has 0 unspecified atom stereocenters. The van der Waals surface area contributed by atoms with Crippen molar-refractivity contribution in [2.24, 2.45) is 0 Å². The molecule has 0 radical (unpaired) electrons. The van der Waals surface area contributed by atoms with E-state index < -0.39 is 86.6 Å². The molecule has 0 spiro atoms. The standard InChI is InChI=1S/C13H21NO5S2.CH3ClO5S2.2H2O6S2/c1-2-8-14-9-11-20(15,16)13-5-3-12(4-6-13)7-10-21(17,18)19;2-8(3,4)1-9(5,6)7;2*1-7(2,3)8(4,5)6/h3-6,14H,2,7-11H2,1H3,(H,17,18,19);1H2,(H,5,6,7);2*(H,1,2,3)(H,4,5,6)/p-3. The predicted molar refractivity (Wildman–Crippen MR) is 154 cm³/mol. The van der Waals surface area contributed by atoms with Crippen molar-refractivity contribution in [2.75, 3.05) is 29.7 Å². The van der Waals surface area contributed by atoms with Gasteiger partial charge in [0.15, 0.2) is 33.2 Å². The van der Waals surface area contributed by atoms with Gasteiger partial charge in [0.2, 0.25) is 9.05 Å². The van der Waals surface area contributed by atoms with Crippen LogP contribution in [0.25, 0.3) is 0 Å². The zero-order chi connectivity index (χ0) is 37.6. The highest BCUT2D eigenvalue weighted by molar-refractivity contribution is 8.62. The van der Waals surface area contributed by atoms with E-state index in [9.17, 15) is 81.0 Å². The molecule has 1 aromatic rings. The summed E-state index contributed by atoms with van der Waals surface area (Å²) in [5.41, 5.74) is 0.623. The third-order valence-corrected chi connectivity index (χ3v) is 13.4. The molecule has 0 aliphatic rings. The van der Waals surface area contributed by atoms with Crippen LogP contribution in [0, 0.1) is 0 Å². The van der Waals surface area contributed by atoms with Crippen LogP contribution < -0.4 is 5.32 Å². The van der Waals surface area contributed by atoms with E-state index in [1.165, 1.54) is 24.3 Å². The Morgan fingerprint density at radius 2 is 1.04 bits per heavy atom. The van der Waals surface area contributed by atoms with Gasteiger partial charge < -0.3 is 19.0 Å². The van der Waals surface area contributed by atoms with Crippen LogP contribution in [-0.2, 0) is 82.1 Å². The first kappa shape index (κ1) is 49.2. The van der Waals surface area contributed by atoms with Gasteiger partial charge in [-0.25, -0.2) is 42.1 Å². The monoisotopic (exact) mass is 850 g/mol. The molecule has 1 rings (SSSR count).